The van der Waals surface area contributed by atoms with Crippen LogP contribution in [0.1, 0.15) is 21.5 Å². The maximum absolute atomic E-state index is 12.4. The van der Waals surface area contributed by atoms with E-state index in [1.54, 1.807) is 0 Å². The van der Waals surface area contributed by atoms with Crippen LogP contribution in [0.25, 0.3) is 21.9 Å². The van der Waals surface area contributed by atoms with Gasteiger partial charge in [0.2, 0.25) is 0 Å². The van der Waals surface area contributed by atoms with E-state index in [1.165, 1.54) is 29.2 Å². The lowest BCUT2D eigenvalue weighted by molar-refractivity contribution is 0.0537. The van der Waals surface area contributed by atoms with Crippen LogP contribution in [0, 0.1) is 0 Å². The fourth-order valence-corrected chi connectivity index (χ4v) is 3.34. The van der Waals surface area contributed by atoms with Crippen molar-refractivity contribution in [1.82, 2.24) is 5.48 Å². The number of hydrogen-bond acceptors (Lipinski definition) is 2. The number of fused-ring (bicyclic) bond motifs is 5. The van der Waals surface area contributed by atoms with Crippen molar-refractivity contribution in [3.05, 3.63) is 71.3 Å². The highest BCUT2D eigenvalue weighted by Crippen LogP contribution is 2.43. The van der Waals surface area contributed by atoms with E-state index in [4.69, 9.17) is 4.84 Å². The first-order valence-electron chi connectivity index (χ1n) is 7.26. The van der Waals surface area contributed by atoms with Gasteiger partial charge in [-0.3, -0.25) is 9.63 Å². The highest BCUT2D eigenvalue weighted by Gasteiger charge is 2.26. The van der Waals surface area contributed by atoms with Gasteiger partial charge in [-0.1, -0.05) is 48.5 Å². The molecule has 0 atom stereocenters. The van der Waals surface area contributed by atoms with Crippen LogP contribution in [0.3, 0.4) is 0 Å². The van der Waals surface area contributed by atoms with Crippen LogP contribution in [0.2, 0.25) is 0 Å². The molecule has 108 valence electrons. The molecule has 22 heavy (non-hydrogen) atoms. The number of hydrogen-bond donors (Lipinski definition) is 1. The summed E-state index contributed by atoms with van der Waals surface area (Å²) in [4.78, 5) is 17.2. The quantitative estimate of drug-likeness (QED) is 0.571. The molecule has 1 aliphatic carbocycles. The second-order valence-electron chi connectivity index (χ2n) is 5.47. The number of benzene rings is 3. The summed E-state index contributed by atoms with van der Waals surface area (Å²) in [5.41, 5.74) is 7.87. The lowest BCUT2D eigenvalue weighted by atomic mass is 9.93. The van der Waals surface area contributed by atoms with E-state index in [1.807, 2.05) is 36.4 Å². The zero-order valence-electron chi connectivity index (χ0n) is 12.2. The van der Waals surface area contributed by atoms with Crippen molar-refractivity contribution < 1.29 is 9.63 Å². The van der Waals surface area contributed by atoms with E-state index >= 15 is 0 Å². The average molecular weight is 289 g/mol. The van der Waals surface area contributed by atoms with Crippen LogP contribution in [-0.4, -0.2) is 13.0 Å². The van der Waals surface area contributed by atoms with Gasteiger partial charge in [0.1, 0.15) is 0 Å². The van der Waals surface area contributed by atoms with E-state index in [0.29, 0.717) is 5.56 Å². The van der Waals surface area contributed by atoms with E-state index in [9.17, 15) is 4.79 Å². The number of rotatable bonds is 2. The third-order valence-electron chi connectivity index (χ3n) is 4.25. The lowest BCUT2D eigenvalue weighted by Crippen LogP contribution is -2.23. The Morgan fingerprint density at radius 2 is 1.86 bits per heavy atom. The number of nitrogens with one attached hydrogen (secondary N) is 1. The Bertz CT molecular complexity index is 899. The summed E-state index contributed by atoms with van der Waals surface area (Å²) in [6.45, 7) is 0. The maximum Gasteiger partial charge on any atom is 0.275 e. The second-order valence-corrected chi connectivity index (χ2v) is 5.47. The van der Waals surface area contributed by atoms with Gasteiger partial charge in [-0.15, -0.1) is 0 Å². The highest BCUT2D eigenvalue weighted by atomic mass is 16.6. The van der Waals surface area contributed by atoms with Crippen LogP contribution in [0.5, 0.6) is 0 Å². The van der Waals surface area contributed by atoms with Crippen molar-refractivity contribution in [3.63, 3.8) is 0 Å². The van der Waals surface area contributed by atoms with Gasteiger partial charge in [0.05, 0.1) is 7.11 Å². The topological polar surface area (TPSA) is 38.3 Å². The summed E-state index contributed by atoms with van der Waals surface area (Å²) < 4.78 is 0. The zero-order valence-corrected chi connectivity index (χ0v) is 12.2. The first-order chi connectivity index (χ1) is 10.8. The van der Waals surface area contributed by atoms with Gasteiger partial charge in [-0.2, -0.15) is 0 Å². The molecule has 4 rings (SSSR count). The Morgan fingerprint density at radius 3 is 2.73 bits per heavy atom. The predicted octanol–water partition coefficient (Wildman–Crippen LogP) is 3.70. The molecule has 3 aromatic rings. The Hall–Kier alpha value is -2.65. The minimum atomic E-state index is -0.197. The van der Waals surface area contributed by atoms with E-state index in [0.717, 1.165) is 17.4 Å². The summed E-state index contributed by atoms with van der Waals surface area (Å²) in [7, 11) is 1.45. The molecule has 0 bridgehead atoms. The lowest BCUT2D eigenvalue weighted by Gasteiger charge is -2.12. The molecule has 0 spiro atoms. The SMILES string of the molecule is CONC(=O)c1cc2ccccc2c2c1Cc1ccccc1-2. The van der Waals surface area contributed by atoms with Gasteiger partial charge in [0.25, 0.3) is 5.91 Å². The molecule has 0 aliphatic heterocycles. The monoisotopic (exact) mass is 289 g/mol. The molecular formula is C19H15NO2. The van der Waals surface area contributed by atoms with Gasteiger partial charge in [0, 0.05) is 5.56 Å². The second kappa shape index (κ2) is 4.97. The van der Waals surface area contributed by atoms with Crippen molar-refractivity contribution in [2.45, 2.75) is 6.42 Å². The Labute approximate surface area is 128 Å². The molecule has 0 saturated carbocycles. The van der Waals surface area contributed by atoms with Gasteiger partial charge in [0.15, 0.2) is 0 Å². The number of hydroxylamine groups is 1. The molecule has 3 heteroatoms. The predicted molar refractivity (Wildman–Crippen MR) is 86.7 cm³/mol. The fraction of sp³-hybridized carbons (Fsp3) is 0.105. The molecule has 0 aromatic heterocycles. The molecule has 0 fully saturated rings. The van der Waals surface area contributed by atoms with Crippen molar-refractivity contribution in [3.8, 4) is 11.1 Å². The summed E-state index contributed by atoms with van der Waals surface area (Å²) in [5.74, 6) is -0.197. The highest BCUT2D eigenvalue weighted by molar-refractivity contribution is 6.08. The molecule has 1 aliphatic rings. The maximum atomic E-state index is 12.4. The molecular weight excluding hydrogens is 274 g/mol. The van der Waals surface area contributed by atoms with Gasteiger partial charge in [-0.25, -0.2) is 5.48 Å². The average Bonchev–Trinajstić information content (AvgIpc) is 2.94. The van der Waals surface area contributed by atoms with Crippen molar-refractivity contribution >= 4 is 16.7 Å². The molecule has 0 radical (unpaired) electrons. The minimum Gasteiger partial charge on any atom is -0.277 e. The summed E-state index contributed by atoms with van der Waals surface area (Å²) in [6, 6.07) is 18.5. The number of carbonyl (C=O) groups excluding carboxylic acids is 1. The van der Waals surface area contributed by atoms with Gasteiger partial charge in [-0.05, 0) is 45.5 Å². The molecule has 0 heterocycles. The standard InChI is InChI=1S/C19H15NO2/c1-22-20-19(21)17-11-13-7-3-5-9-15(13)18-14-8-4-2-6-12(14)10-16(17)18/h2-9,11H,10H2,1H3,(H,20,21). The van der Waals surface area contributed by atoms with Crippen LogP contribution in [0.15, 0.2) is 54.6 Å². The van der Waals surface area contributed by atoms with E-state index in [2.05, 4.69) is 23.7 Å². The number of amides is 1. The third kappa shape index (κ3) is 1.83. The molecule has 3 aromatic carbocycles. The zero-order chi connectivity index (χ0) is 15.1. The van der Waals surface area contributed by atoms with Crippen LogP contribution in [-0.2, 0) is 11.3 Å². The van der Waals surface area contributed by atoms with Gasteiger partial charge < -0.3 is 0 Å². The first kappa shape index (κ1) is 13.0. The molecule has 3 nitrogen and oxygen atoms in total. The molecule has 1 amide bonds. The van der Waals surface area contributed by atoms with Crippen molar-refractivity contribution in [1.29, 1.82) is 0 Å². The van der Waals surface area contributed by atoms with Crippen molar-refractivity contribution in [2.24, 2.45) is 0 Å². The Morgan fingerprint density at radius 1 is 1.09 bits per heavy atom. The summed E-state index contributed by atoms with van der Waals surface area (Å²) in [6.07, 6.45) is 0.781. The third-order valence-corrected chi connectivity index (χ3v) is 4.25. The Kier molecular flexibility index (Phi) is 2.94. The van der Waals surface area contributed by atoms with Crippen LogP contribution < -0.4 is 5.48 Å². The molecule has 0 unspecified atom stereocenters. The molecule has 1 N–H and O–H groups in total. The number of carbonyl (C=O) groups is 1. The fourth-order valence-electron chi connectivity index (χ4n) is 3.34. The van der Waals surface area contributed by atoms with Crippen molar-refractivity contribution in [2.75, 3.05) is 7.11 Å². The van der Waals surface area contributed by atoms with Crippen LogP contribution in [0.4, 0.5) is 0 Å². The normalized spacial score (nSPS) is 12.0. The van der Waals surface area contributed by atoms with E-state index in [-0.39, 0.29) is 5.91 Å². The Balaban J connectivity index is 2.06. The smallest absolute Gasteiger partial charge is 0.275 e. The summed E-state index contributed by atoms with van der Waals surface area (Å²) in [5, 5.41) is 2.26. The minimum absolute atomic E-state index is 0.197. The summed E-state index contributed by atoms with van der Waals surface area (Å²) >= 11 is 0. The van der Waals surface area contributed by atoms with Gasteiger partial charge >= 0.3 is 0 Å². The van der Waals surface area contributed by atoms with E-state index < -0.39 is 0 Å². The largest absolute Gasteiger partial charge is 0.277 e. The first-order valence-corrected chi connectivity index (χ1v) is 7.26. The molecule has 0 saturated heterocycles. The van der Waals surface area contributed by atoms with Crippen LogP contribution >= 0.6 is 0 Å².